The van der Waals surface area contributed by atoms with E-state index in [-0.39, 0.29) is 39.6 Å². The van der Waals surface area contributed by atoms with Gasteiger partial charge < -0.3 is 23.7 Å². The van der Waals surface area contributed by atoms with Crippen LogP contribution in [0.3, 0.4) is 0 Å². The van der Waals surface area contributed by atoms with Crippen molar-refractivity contribution in [1.29, 1.82) is 0 Å². The molecule has 11 heteroatoms. The van der Waals surface area contributed by atoms with Crippen molar-refractivity contribution in [3.05, 3.63) is 0 Å². The van der Waals surface area contributed by atoms with E-state index in [0.717, 1.165) is 52.9 Å². The van der Waals surface area contributed by atoms with Crippen LogP contribution in [-0.4, -0.2) is 178 Å². The first kappa shape index (κ1) is 53.4. The van der Waals surface area contributed by atoms with E-state index in [1.807, 2.05) is 14.2 Å². The van der Waals surface area contributed by atoms with Crippen molar-refractivity contribution in [2.75, 3.05) is 178 Å². The molecule has 0 aromatic heterocycles. The van der Waals surface area contributed by atoms with E-state index in [9.17, 15) is 0 Å². The predicted octanol–water partition coefficient (Wildman–Crippen LogP) is 12.2. The number of rotatable bonds is 23. The lowest BCUT2D eigenvalue weighted by atomic mass is 10.4. The van der Waals surface area contributed by atoms with Gasteiger partial charge in [0.2, 0.25) is 0 Å². The minimum Gasteiger partial charge on any atom is -0.385 e. The minimum atomic E-state index is 0.187. The lowest BCUT2D eigenvalue weighted by Crippen LogP contribution is -2.10. The van der Waals surface area contributed by atoms with Crippen LogP contribution < -0.4 is 0 Å². The Morgan fingerprint density at radius 1 is 0.321 bits per heavy atom. The first-order valence-electron chi connectivity index (χ1n) is 22.1. The van der Waals surface area contributed by atoms with Crippen LogP contribution in [0.4, 0.5) is 0 Å². The van der Waals surface area contributed by atoms with Gasteiger partial charge in [0.25, 0.3) is 0 Å². The van der Waals surface area contributed by atoms with Gasteiger partial charge in [0.05, 0.1) is 19.8 Å². The summed E-state index contributed by atoms with van der Waals surface area (Å²) in [6.07, 6.45) is 41.0. The smallest absolute Gasteiger partial charge is 0.0505 e. The quantitative estimate of drug-likeness (QED) is 0.0757. The summed E-state index contributed by atoms with van der Waals surface area (Å²) < 4.78 is 27.6. The molecular weight excluding hydrogens is 770 g/mol. The van der Waals surface area contributed by atoms with Gasteiger partial charge in [-0.2, -0.15) is 0 Å². The maximum Gasteiger partial charge on any atom is 0.0505 e. The highest BCUT2D eigenvalue weighted by Gasteiger charge is 2.18. The SMILES string of the molecule is CCCCP1CCCP(CCCOC)CCCP(CCCOC)CCC1.CCOCCP1CCCP(CCOCC)CCCP(CCOCC)CCC1. The molecule has 2 unspecified atom stereocenters. The highest BCUT2D eigenvalue weighted by atomic mass is 31.1. The molecule has 53 heavy (non-hydrogen) atoms. The predicted molar refractivity (Wildman–Crippen MR) is 254 cm³/mol. The lowest BCUT2D eigenvalue weighted by Gasteiger charge is -2.25. The highest BCUT2D eigenvalue weighted by Crippen LogP contribution is 2.48. The molecule has 0 aromatic carbocycles. The molecule has 0 spiro atoms. The first-order valence-corrected chi connectivity index (χ1v) is 33.5. The van der Waals surface area contributed by atoms with Crippen molar-refractivity contribution in [3.63, 3.8) is 0 Å². The fourth-order valence-electron chi connectivity index (χ4n) is 7.38. The Labute approximate surface area is 339 Å². The molecule has 318 valence electrons. The zero-order valence-electron chi connectivity index (χ0n) is 36.2. The Morgan fingerprint density at radius 2 is 0.566 bits per heavy atom. The van der Waals surface area contributed by atoms with Crippen LogP contribution in [0.2, 0.25) is 0 Å². The molecular formula is C42H90O5P6. The second-order valence-electron chi connectivity index (χ2n) is 14.8. The molecule has 2 aliphatic rings. The molecule has 2 heterocycles. The number of methoxy groups -OCH3 is 2. The number of hydrogen-bond donors (Lipinski definition) is 0. The first-order chi connectivity index (χ1) is 26.1. The average Bonchev–Trinajstić information content (AvgIpc) is 3.15. The molecule has 5 nitrogen and oxygen atoms in total. The maximum atomic E-state index is 5.67. The Bertz CT molecular complexity index is 661. The van der Waals surface area contributed by atoms with E-state index >= 15 is 0 Å². The second-order valence-corrected chi connectivity index (χ2v) is 30.9. The van der Waals surface area contributed by atoms with E-state index in [1.54, 1.807) is 30.8 Å². The normalized spacial score (nSPS) is 25.9. The van der Waals surface area contributed by atoms with Gasteiger partial charge in [0, 0.05) is 47.3 Å². The summed E-state index contributed by atoms with van der Waals surface area (Å²) in [6.45, 7) is 16.2. The topological polar surface area (TPSA) is 46.2 Å². The number of unbranched alkanes of at least 4 members (excludes halogenated alkanes) is 1. The summed E-state index contributed by atoms with van der Waals surface area (Å²) in [5.41, 5.74) is 0. The van der Waals surface area contributed by atoms with E-state index in [4.69, 9.17) is 23.7 Å². The standard InChI is InChI=1S/C21H45O3P3.C21H45O2P3/c1-4-22-10-19-25-13-7-15-26(20-11-23-5-2)17-9-18-27(16-8-14-25)21-12-24-6-3;1-4-5-13-24-16-8-18-25(14-6-11-22-2)20-10-21-26(19-9-17-24)15-7-12-23-3/h4-21H2,1-3H3;4-21H2,1-3H3. The molecule has 2 fully saturated rings. The van der Waals surface area contributed by atoms with Crippen molar-refractivity contribution in [2.24, 2.45) is 0 Å². The van der Waals surface area contributed by atoms with Crippen molar-refractivity contribution >= 4 is 47.5 Å². The highest BCUT2D eigenvalue weighted by molar-refractivity contribution is 7.60. The van der Waals surface area contributed by atoms with Crippen molar-refractivity contribution in [3.8, 4) is 0 Å². The second kappa shape index (κ2) is 41.1. The Morgan fingerprint density at radius 3 is 0.792 bits per heavy atom. The van der Waals surface area contributed by atoms with Gasteiger partial charge in [-0.25, -0.2) is 0 Å². The summed E-state index contributed by atoms with van der Waals surface area (Å²) in [5.74, 6) is 0. The number of ether oxygens (including phenoxy) is 5. The van der Waals surface area contributed by atoms with Gasteiger partial charge in [-0.05, 0) is 189 Å². The van der Waals surface area contributed by atoms with E-state index in [1.165, 1.54) is 144 Å². The van der Waals surface area contributed by atoms with Gasteiger partial charge in [0.1, 0.15) is 0 Å². The van der Waals surface area contributed by atoms with Crippen molar-refractivity contribution in [1.82, 2.24) is 0 Å². The molecule has 0 aromatic rings. The van der Waals surface area contributed by atoms with E-state index < -0.39 is 0 Å². The molecule has 0 bridgehead atoms. The molecule has 2 rings (SSSR count). The molecule has 0 amide bonds. The van der Waals surface area contributed by atoms with Crippen LogP contribution in [0.25, 0.3) is 0 Å². The molecule has 2 saturated heterocycles. The van der Waals surface area contributed by atoms with Crippen molar-refractivity contribution in [2.45, 2.75) is 91.9 Å². The fraction of sp³-hybridized carbons (Fsp3) is 1.00. The van der Waals surface area contributed by atoms with Gasteiger partial charge in [-0.3, -0.25) is 0 Å². The fourth-order valence-corrected chi connectivity index (χ4v) is 23.2. The maximum absolute atomic E-state index is 5.67. The Kier molecular flexibility index (Phi) is 41.4. The summed E-state index contributed by atoms with van der Waals surface area (Å²) in [7, 11) is 5.14. The van der Waals surface area contributed by atoms with E-state index in [2.05, 4.69) is 27.7 Å². The van der Waals surface area contributed by atoms with E-state index in [0.29, 0.717) is 7.92 Å². The molecule has 0 aliphatic carbocycles. The zero-order valence-corrected chi connectivity index (χ0v) is 41.5. The van der Waals surface area contributed by atoms with Gasteiger partial charge in [0.15, 0.2) is 0 Å². The molecule has 2 atom stereocenters. The van der Waals surface area contributed by atoms with Gasteiger partial charge in [-0.1, -0.05) is 13.3 Å². The summed E-state index contributed by atoms with van der Waals surface area (Å²) in [4.78, 5) is 0. The number of hydrogen-bond acceptors (Lipinski definition) is 5. The van der Waals surface area contributed by atoms with Crippen LogP contribution in [0.15, 0.2) is 0 Å². The Hall–Kier alpha value is 2.38. The van der Waals surface area contributed by atoms with Gasteiger partial charge in [-0.15, -0.1) is 47.5 Å². The third-order valence-electron chi connectivity index (χ3n) is 10.4. The van der Waals surface area contributed by atoms with Crippen LogP contribution in [-0.2, 0) is 23.7 Å². The van der Waals surface area contributed by atoms with Crippen LogP contribution in [0.1, 0.15) is 91.9 Å². The average molecular weight is 861 g/mol. The molecule has 0 N–H and O–H groups in total. The Balaban J connectivity index is 0.000000530. The summed E-state index contributed by atoms with van der Waals surface area (Å²) in [5, 5.41) is 0. The summed E-state index contributed by atoms with van der Waals surface area (Å²) in [6, 6.07) is 0. The zero-order chi connectivity index (χ0) is 38.5. The third kappa shape index (κ3) is 32.9. The lowest BCUT2D eigenvalue weighted by molar-refractivity contribution is 0.164. The monoisotopic (exact) mass is 861 g/mol. The third-order valence-corrected chi connectivity index (χ3v) is 27.1. The molecule has 2 aliphatic heterocycles. The molecule has 0 saturated carbocycles. The van der Waals surface area contributed by atoms with Gasteiger partial charge >= 0.3 is 0 Å². The molecule has 0 radical (unpaired) electrons. The van der Waals surface area contributed by atoms with Crippen LogP contribution in [0.5, 0.6) is 0 Å². The van der Waals surface area contributed by atoms with Crippen molar-refractivity contribution < 1.29 is 23.7 Å². The van der Waals surface area contributed by atoms with Crippen LogP contribution >= 0.6 is 47.5 Å². The minimum absolute atomic E-state index is 0.187. The van der Waals surface area contributed by atoms with Crippen LogP contribution in [0, 0.1) is 0 Å². The summed E-state index contributed by atoms with van der Waals surface area (Å²) >= 11 is 0. The largest absolute Gasteiger partial charge is 0.385 e.